The highest BCUT2D eigenvalue weighted by molar-refractivity contribution is 7.08. The van der Waals surface area contributed by atoms with Gasteiger partial charge in [0.25, 0.3) is 5.91 Å². The molecule has 0 saturated heterocycles. The van der Waals surface area contributed by atoms with Crippen LogP contribution < -0.4 is 5.32 Å². The number of nitrogens with one attached hydrogen (secondary N) is 1. The van der Waals surface area contributed by atoms with Gasteiger partial charge in [-0.15, -0.1) is 0 Å². The number of carbonyl (C=O) groups is 1. The molecule has 0 unspecified atom stereocenters. The zero-order valence-electron chi connectivity index (χ0n) is 12.0. The van der Waals surface area contributed by atoms with Crippen molar-refractivity contribution in [2.45, 2.75) is 20.3 Å². The van der Waals surface area contributed by atoms with E-state index in [-0.39, 0.29) is 5.91 Å². The fraction of sp³-hybridized carbons (Fsp3) is 0.176. The number of hydrogen-bond acceptors (Lipinski definition) is 3. The number of fused-ring (bicyclic) bond motifs is 1. The van der Waals surface area contributed by atoms with Crippen molar-refractivity contribution in [1.82, 2.24) is 4.98 Å². The Morgan fingerprint density at radius 1 is 1.29 bits per heavy atom. The molecule has 1 N–H and O–H groups in total. The van der Waals surface area contributed by atoms with Crippen LogP contribution in [-0.4, -0.2) is 10.9 Å². The van der Waals surface area contributed by atoms with E-state index in [9.17, 15) is 4.79 Å². The lowest BCUT2D eigenvalue weighted by Crippen LogP contribution is -2.15. The number of nitrogens with zero attached hydrogens (tertiary/aromatic N) is 1. The molecule has 1 aromatic carbocycles. The van der Waals surface area contributed by atoms with Gasteiger partial charge in [0, 0.05) is 16.5 Å². The monoisotopic (exact) mass is 296 g/mol. The Bertz CT molecular complexity index is 794. The standard InChI is InChI=1S/C17H16N2OS/c1-3-14-11(2)16(13-6-4-5-7-15(13)19-14)17(20)18-12-8-9-21-10-12/h4-10H,3H2,1-2H3,(H,18,20). The van der Waals surface area contributed by atoms with E-state index in [0.29, 0.717) is 0 Å². The van der Waals surface area contributed by atoms with Crippen molar-refractivity contribution in [1.29, 1.82) is 0 Å². The van der Waals surface area contributed by atoms with E-state index in [1.807, 2.05) is 48.0 Å². The van der Waals surface area contributed by atoms with Gasteiger partial charge in [0.1, 0.15) is 0 Å². The summed E-state index contributed by atoms with van der Waals surface area (Å²) < 4.78 is 0. The van der Waals surface area contributed by atoms with Gasteiger partial charge in [-0.25, -0.2) is 0 Å². The van der Waals surface area contributed by atoms with E-state index in [0.717, 1.165) is 39.8 Å². The smallest absolute Gasteiger partial charge is 0.256 e. The molecule has 106 valence electrons. The minimum atomic E-state index is -0.0702. The molecule has 0 saturated carbocycles. The van der Waals surface area contributed by atoms with Crippen molar-refractivity contribution < 1.29 is 4.79 Å². The van der Waals surface area contributed by atoms with Crippen LogP contribution in [0.4, 0.5) is 5.69 Å². The van der Waals surface area contributed by atoms with Gasteiger partial charge in [0.15, 0.2) is 0 Å². The van der Waals surface area contributed by atoms with Crippen molar-refractivity contribution in [3.8, 4) is 0 Å². The Labute approximate surface area is 127 Å². The van der Waals surface area contributed by atoms with Crippen LogP contribution in [0.25, 0.3) is 10.9 Å². The largest absolute Gasteiger partial charge is 0.321 e. The van der Waals surface area contributed by atoms with Crippen LogP contribution in [0.15, 0.2) is 41.1 Å². The maximum Gasteiger partial charge on any atom is 0.256 e. The first-order valence-electron chi connectivity index (χ1n) is 6.92. The lowest BCUT2D eigenvalue weighted by atomic mass is 9.99. The first kappa shape index (κ1) is 13.8. The Morgan fingerprint density at radius 2 is 2.10 bits per heavy atom. The number of para-hydroxylation sites is 1. The van der Waals surface area contributed by atoms with Crippen molar-refractivity contribution in [3.05, 3.63) is 57.9 Å². The highest BCUT2D eigenvalue weighted by Crippen LogP contribution is 2.25. The van der Waals surface area contributed by atoms with Crippen LogP contribution in [0, 0.1) is 6.92 Å². The Kier molecular flexibility index (Phi) is 3.71. The van der Waals surface area contributed by atoms with Crippen molar-refractivity contribution >= 4 is 33.8 Å². The number of anilines is 1. The second-order valence-corrected chi connectivity index (χ2v) is 5.68. The Hall–Kier alpha value is -2.20. The van der Waals surface area contributed by atoms with E-state index < -0.39 is 0 Å². The van der Waals surface area contributed by atoms with E-state index in [4.69, 9.17) is 0 Å². The minimum absolute atomic E-state index is 0.0702. The fourth-order valence-corrected chi connectivity index (χ4v) is 3.11. The molecule has 0 aliphatic heterocycles. The number of hydrogen-bond donors (Lipinski definition) is 1. The van der Waals surface area contributed by atoms with Gasteiger partial charge < -0.3 is 5.32 Å². The van der Waals surface area contributed by atoms with E-state index in [2.05, 4.69) is 17.2 Å². The van der Waals surface area contributed by atoms with Crippen molar-refractivity contribution in [2.24, 2.45) is 0 Å². The minimum Gasteiger partial charge on any atom is -0.321 e. The molecule has 0 aliphatic rings. The normalized spacial score (nSPS) is 10.8. The average Bonchev–Trinajstić information content (AvgIpc) is 2.99. The van der Waals surface area contributed by atoms with Gasteiger partial charge in [0.2, 0.25) is 0 Å². The van der Waals surface area contributed by atoms with Gasteiger partial charge in [-0.3, -0.25) is 9.78 Å². The van der Waals surface area contributed by atoms with Gasteiger partial charge >= 0.3 is 0 Å². The highest BCUT2D eigenvalue weighted by atomic mass is 32.1. The summed E-state index contributed by atoms with van der Waals surface area (Å²) in [6, 6.07) is 9.70. The molecular formula is C17H16N2OS. The molecule has 3 rings (SSSR count). The molecule has 4 heteroatoms. The first-order chi connectivity index (χ1) is 10.2. The number of amides is 1. The summed E-state index contributed by atoms with van der Waals surface area (Å²) >= 11 is 1.57. The number of pyridine rings is 1. The summed E-state index contributed by atoms with van der Waals surface area (Å²) in [5, 5.41) is 7.75. The molecule has 1 amide bonds. The third-order valence-electron chi connectivity index (χ3n) is 3.58. The number of benzene rings is 1. The van der Waals surface area contributed by atoms with Crippen molar-refractivity contribution in [3.63, 3.8) is 0 Å². The van der Waals surface area contributed by atoms with Gasteiger partial charge in [-0.1, -0.05) is 25.1 Å². The topological polar surface area (TPSA) is 42.0 Å². The molecule has 0 bridgehead atoms. The Morgan fingerprint density at radius 3 is 2.81 bits per heavy atom. The maximum absolute atomic E-state index is 12.7. The molecule has 0 atom stereocenters. The summed E-state index contributed by atoms with van der Waals surface area (Å²) in [5.41, 5.74) is 4.37. The quantitative estimate of drug-likeness (QED) is 0.777. The predicted octanol–water partition coefficient (Wildman–Crippen LogP) is 4.42. The predicted molar refractivity (Wildman–Crippen MR) is 88.1 cm³/mol. The molecule has 0 aliphatic carbocycles. The molecule has 3 aromatic rings. The van der Waals surface area contributed by atoms with Gasteiger partial charge in [-0.05, 0) is 36.4 Å². The number of carbonyl (C=O) groups excluding carboxylic acids is 1. The molecule has 3 nitrogen and oxygen atoms in total. The average molecular weight is 296 g/mol. The van der Waals surface area contributed by atoms with Crippen LogP contribution in [0.3, 0.4) is 0 Å². The van der Waals surface area contributed by atoms with Crippen LogP contribution in [0.5, 0.6) is 0 Å². The summed E-state index contributed by atoms with van der Waals surface area (Å²) in [5.74, 6) is -0.0702. The van der Waals surface area contributed by atoms with E-state index >= 15 is 0 Å². The number of thiophene rings is 1. The molecule has 0 fully saturated rings. The molecule has 0 radical (unpaired) electrons. The summed E-state index contributed by atoms with van der Waals surface area (Å²) in [6.45, 7) is 4.03. The number of rotatable bonds is 3. The van der Waals surface area contributed by atoms with Crippen LogP contribution in [-0.2, 0) is 6.42 Å². The summed E-state index contributed by atoms with van der Waals surface area (Å²) in [7, 11) is 0. The fourth-order valence-electron chi connectivity index (χ4n) is 2.52. The summed E-state index contributed by atoms with van der Waals surface area (Å²) in [4.78, 5) is 17.3. The van der Waals surface area contributed by atoms with Crippen LogP contribution in [0.1, 0.15) is 28.5 Å². The third kappa shape index (κ3) is 2.54. The van der Waals surface area contributed by atoms with E-state index in [1.54, 1.807) is 11.3 Å². The van der Waals surface area contributed by atoms with Gasteiger partial charge in [0.05, 0.1) is 16.8 Å². The van der Waals surface area contributed by atoms with Crippen molar-refractivity contribution in [2.75, 3.05) is 5.32 Å². The molecule has 0 spiro atoms. The Balaban J connectivity index is 2.15. The second kappa shape index (κ2) is 5.66. The summed E-state index contributed by atoms with van der Waals surface area (Å²) in [6.07, 6.45) is 0.815. The maximum atomic E-state index is 12.7. The molecule has 2 aromatic heterocycles. The lowest BCUT2D eigenvalue weighted by Gasteiger charge is -2.13. The zero-order valence-corrected chi connectivity index (χ0v) is 12.8. The number of aromatic nitrogens is 1. The SMILES string of the molecule is CCc1nc2ccccc2c(C(=O)Nc2ccsc2)c1C. The third-order valence-corrected chi connectivity index (χ3v) is 4.26. The van der Waals surface area contributed by atoms with Crippen LogP contribution in [0.2, 0.25) is 0 Å². The molecule has 21 heavy (non-hydrogen) atoms. The van der Waals surface area contributed by atoms with E-state index in [1.165, 1.54) is 0 Å². The molecular weight excluding hydrogens is 280 g/mol. The number of aryl methyl sites for hydroxylation is 1. The second-order valence-electron chi connectivity index (χ2n) is 4.90. The van der Waals surface area contributed by atoms with Gasteiger partial charge in [-0.2, -0.15) is 11.3 Å². The molecule has 2 heterocycles. The van der Waals surface area contributed by atoms with Crippen LogP contribution >= 0.6 is 11.3 Å². The zero-order chi connectivity index (χ0) is 14.8. The first-order valence-corrected chi connectivity index (χ1v) is 7.86. The lowest BCUT2D eigenvalue weighted by molar-refractivity contribution is 0.102. The highest BCUT2D eigenvalue weighted by Gasteiger charge is 2.17.